The maximum absolute atomic E-state index is 13.2. The Hall–Kier alpha value is -1.43. The van der Waals surface area contributed by atoms with Gasteiger partial charge in [-0.3, -0.25) is 14.5 Å². The van der Waals surface area contributed by atoms with Crippen LogP contribution in [0.4, 0.5) is 10.1 Å². The molecule has 1 N–H and O–H groups in total. The molecule has 6 heteroatoms. The topological polar surface area (TPSA) is 49.4 Å². The predicted molar refractivity (Wildman–Crippen MR) is 82.4 cm³/mol. The van der Waals surface area contributed by atoms with Gasteiger partial charge in [-0.25, -0.2) is 4.39 Å². The largest absolute Gasteiger partial charge is 0.342 e. The van der Waals surface area contributed by atoms with Gasteiger partial charge in [0.2, 0.25) is 5.91 Å². The third-order valence-electron chi connectivity index (χ3n) is 3.95. The summed E-state index contributed by atoms with van der Waals surface area (Å²) in [7, 11) is 0. The first-order valence-electron chi connectivity index (χ1n) is 6.95. The quantitative estimate of drug-likeness (QED) is 0.905. The fraction of sp³-hybridized carbons (Fsp3) is 0.467. The summed E-state index contributed by atoms with van der Waals surface area (Å²) < 4.78 is 13.7. The number of benzene rings is 1. The number of nitrogens with zero attached hydrogens (tertiary/aromatic N) is 1. The maximum Gasteiger partial charge on any atom is 0.250 e. The van der Waals surface area contributed by atoms with Gasteiger partial charge in [0.05, 0.1) is 5.69 Å². The summed E-state index contributed by atoms with van der Waals surface area (Å²) in [6.07, 6.45) is 0.781. The number of piperazine rings is 1. The van der Waals surface area contributed by atoms with Crippen molar-refractivity contribution in [3.05, 3.63) is 28.5 Å². The molecule has 21 heavy (non-hydrogen) atoms. The van der Waals surface area contributed by atoms with Crippen LogP contribution in [0.3, 0.4) is 0 Å². The number of halogens is 2. The highest BCUT2D eigenvalue weighted by atomic mass is 79.9. The molecule has 1 aliphatic heterocycles. The van der Waals surface area contributed by atoms with Crippen molar-refractivity contribution in [1.82, 2.24) is 5.32 Å². The van der Waals surface area contributed by atoms with Crippen molar-refractivity contribution in [2.45, 2.75) is 39.3 Å². The second-order valence-corrected chi connectivity index (χ2v) is 6.21. The average molecular weight is 357 g/mol. The number of hydrogen-bond acceptors (Lipinski definition) is 2. The van der Waals surface area contributed by atoms with Crippen LogP contribution in [0.1, 0.15) is 27.2 Å². The molecule has 1 aromatic rings. The summed E-state index contributed by atoms with van der Waals surface area (Å²) in [6.45, 7) is 5.56. The zero-order valence-corrected chi connectivity index (χ0v) is 13.8. The Balaban J connectivity index is 2.43. The fourth-order valence-corrected chi connectivity index (χ4v) is 2.96. The van der Waals surface area contributed by atoms with Gasteiger partial charge in [-0.2, -0.15) is 0 Å². The lowest BCUT2D eigenvalue weighted by Crippen LogP contribution is -2.64. The van der Waals surface area contributed by atoms with Crippen molar-refractivity contribution >= 4 is 33.4 Å². The van der Waals surface area contributed by atoms with E-state index in [1.807, 2.05) is 13.8 Å². The van der Waals surface area contributed by atoms with Crippen molar-refractivity contribution in [3.8, 4) is 0 Å². The Labute approximate surface area is 131 Å². The minimum atomic E-state index is -0.625. The molecule has 1 aromatic carbocycles. The van der Waals surface area contributed by atoms with E-state index in [1.54, 1.807) is 6.92 Å². The van der Waals surface area contributed by atoms with E-state index in [1.165, 1.54) is 23.1 Å². The molecule has 2 rings (SSSR count). The predicted octanol–water partition coefficient (Wildman–Crippen LogP) is 2.85. The van der Waals surface area contributed by atoms with Gasteiger partial charge in [-0.15, -0.1) is 0 Å². The normalized spacial score (nSPS) is 24.0. The molecule has 1 saturated heterocycles. The molecule has 3 atom stereocenters. The van der Waals surface area contributed by atoms with Crippen molar-refractivity contribution in [2.75, 3.05) is 4.90 Å². The summed E-state index contributed by atoms with van der Waals surface area (Å²) in [5, 5.41) is 2.78. The monoisotopic (exact) mass is 356 g/mol. The van der Waals surface area contributed by atoms with E-state index in [0.717, 1.165) is 6.42 Å². The molecule has 114 valence electrons. The number of amides is 2. The standard InChI is InChI=1S/C15H18BrFN2O2/c1-4-8(2)13-15(21)19(9(3)14(20)18-13)12-6-5-10(17)7-11(12)16/h5-9,13H,4H2,1-3H3,(H,18,20). The van der Waals surface area contributed by atoms with Crippen LogP contribution >= 0.6 is 15.9 Å². The van der Waals surface area contributed by atoms with Gasteiger partial charge in [-0.1, -0.05) is 20.3 Å². The molecule has 0 bridgehead atoms. The van der Waals surface area contributed by atoms with Crippen LogP contribution in [0.15, 0.2) is 22.7 Å². The lowest BCUT2D eigenvalue weighted by atomic mass is 9.94. The number of nitrogens with one attached hydrogen (secondary N) is 1. The first kappa shape index (κ1) is 15.9. The second-order valence-electron chi connectivity index (χ2n) is 5.35. The Morgan fingerprint density at radius 1 is 1.43 bits per heavy atom. The van der Waals surface area contributed by atoms with E-state index in [9.17, 15) is 14.0 Å². The molecule has 2 amide bonds. The van der Waals surface area contributed by atoms with Crippen LogP contribution in [0.5, 0.6) is 0 Å². The Morgan fingerprint density at radius 3 is 2.67 bits per heavy atom. The number of carbonyl (C=O) groups excluding carboxylic acids is 2. The summed E-state index contributed by atoms with van der Waals surface area (Å²) in [5.74, 6) is -0.721. The molecule has 0 spiro atoms. The summed E-state index contributed by atoms with van der Waals surface area (Å²) in [5.41, 5.74) is 0.511. The number of rotatable bonds is 3. The van der Waals surface area contributed by atoms with Crippen LogP contribution in [-0.2, 0) is 9.59 Å². The smallest absolute Gasteiger partial charge is 0.250 e. The van der Waals surface area contributed by atoms with Gasteiger partial charge in [-0.05, 0) is 47.0 Å². The molecule has 0 radical (unpaired) electrons. The zero-order chi connectivity index (χ0) is 15.7. The summed E-state index contributed by atoms with van der Waals surface area (Å²) in [6, 6.07) is 2.92. The molecular weight excluding hydrogens is 339 g/mol. The van der Waals surface area contributed by atoms with Gasteiger partial charge < -0.3 is 5.32 Å². The van der Waals surface area contributed by atoms with Crippen LogP contribution in [0, 0.1) is 11.7 Å². The van der Waals surface area contributed by atoms with Crippen molar-refractivity contribution in [1.29, 1.82) is 0 Å². The Morgan fingerprint density at radius 2 is 2.10 bits per heavy atom. The Bertz CT molecular complexity index is 579. The molecule has 3 unspecified atom stereocenters. The van der Waals surface area contributed by atoms with E-state index >= 15 is 0 Å². The Kier molecular flexibility index (Phi) is 4.66. The minimum Gasteiger partial charge on any atom is -0.342 e. The summed E-state index contributed by atoms with van der Waals surface area (Å²) in [4.78, 5) is 26.3. The third-order valence-corrected chi connectivity index (χ3v) is 4.59. The summed E-state index contributed by atoms with van der Waals surface area (Å²) >= 11 is 3.27. The van der Waals surface area contributed by atoms with Crippen molar-refractivity contribution in [3.63, 3.8) is 0 Å². The molecule has 1 heterocycles. The van der Waals surface area contributed by atoms with E-state index in [4.69, 9.17) is 0 Å². The molecule has 0 aromatic heterocycles. The lowest BCUT2D eigenvalue weighted by molar-refractivity contribution is -0.134. The van der Waals surface area contributed by atoms with E-state index in [0.29, 0.717) is 10.2 Å². The van der Waals surface area contributed by atoms with Crippen LogP contribution in [0.25, 0.3) is 0 Å². The highest BCUT2D eigenvalue weighted by Gasteiger charge is 2.41. The molecular formula is C15H18BrFN2O2. The lowest BCUT2D eigenvalue weighted by Gasteiger charge is -2.39. The van der Waals surface area contributed by atoms with Gasteiger partial charge in [0, 0.05) is 4.47 Å². The van der Waals surface area contributed by atoms with E-state index in [-0.39, 0.29) is 17.7 Å². The molecule has 4 nitrogen and oxygen atoms in total. The van der Waals surface area contributed by atoms with Gasteiger partial charge in [0.15, 0.2) is 0 Å². The average Bonchev–Trinajstić information content (AvgIpc) is 2.44. The van der Waals surface area contributed by atoms with E-state index in [2.05, 4.69) is 21.2 Å². The van der Waals surface area contributed by atoms with Gasteiger partial charge in [0.1, 0.15) is 17.9 Å². The number of hydrogen-bond donors (Lipinski definition) is 1. The van der Waals surface area contributed by atoms with Crippen molar-refractivity contribution in [2.24, 2.45) is 5.92 Å². The van der Waals surface area contributed by atoms with Gasteiger partial charge >= 0.3 is 0 Å². The molecule has 0 aliphatic carbocycles. The number of anilines is 1. The molecule has 1 fully saturated rings. The first-order chi connectivity index (χ1) is 9.86. The maximum atomic E-state index is 13.2. The SMILES string of the molecule is CCC(C)C1NC(=O)C(C)N(c2ccc(F)cc2Br)C1=O. The van der Waals surface area contributed by atoms with Crippen molar-refractivity contribution < 1.29 is 14.0 Å². The zero-order valence-electron chi connectivity index (χ0n) is 12.2. The second kappa shape index (κ2) is 6.13. The third kappa shape index (κ3) is 2.95. The molecule has 0 saturated carbocycles. The fourth-order valence-electron chi connectivity index (χ4n) is 2.42. The highest BCUT2D eigenvalue weighted by molar-refractivity contribution is 9.10. The van der Waals surface area contributed by atoms with Gasteiger partial charge in [0.25, 0.3) is 5.91 Å². The minimum absolute atomic E-state index is 0.0377. The van der Waals surface area contributed by atoms with Crippen LogP contribution in [-0.4, -0.2) is 23.9 Å². The highest BCUT2D eigenvalue weighted by Crippen LogP contribution is 2.31. The number of carbonyl (C=O) groups is 2. The molecule has 1 aliphatic rings. The first-order valence-corrected chi connectivity index (χ1v) is 7.74. The van der Waals surface area contributed by atoms with Crippen LogP contribution in [0.2, 0.25) is 0 Å². The van der Waals surface area contributed by atoms with Crippen LogP contribution < -0.4 is 10.2 Å². The van der Waals surface area contributed by atoms with E-state index < -0.39 is 17.9 Å².